The van der Waals surface area contributed by atoms with Gasteiger partial charge in [-0.3, -0.25) is 19.5 Å². The first-order valence-corrected chi connectivity index (χ1v) is 11.4. The molecular weight excluding hydrogens is 448 g/mol. The molecule has 0 saturated heterocycles. The Labute approximate surface area is 205 Å². The van der Waals surface area contributed by atoms with E-state index in [2.05, 4.69) is 26.8 Å². The molecule has 0 spiro atoms. The molecule has 3 atom stereocenters. The molecular formula is C25H32N6O4. The van der Waals surface area contributed by atoms with Crippen LogP contribution >= 0.6 is 0 Å². The van der Waals surface area contributed by atoms with E-state index < -0.39 is 12.1 Å². The molecule has 0 radical (unpaired) electrons. The summed E-state index contributed by atoms with van der Waals surface area (Å²) in [6.07, 6.45) is 5.51. The molecule has 35 heavy (non-hydrogen) atoms. The van der Waals surface area contributed by atoms with E-state index in [1.807, 2.05) is 25.9 Å². The van der Waals surface area contributed by atoms with E-state index in [1.54, 1.807) is 31.1 Å². The lowest BCUT2D eigenvalue weighted by Gasteiger charge is -2.37. The van der Waals surface area contributed by atoms with Crippen LogP contribution < -0.4 is 4.74 Å². The molecule has 0 fully saturated rings. The largest absolute Gasteiger partial charge is 0.472 e. The van der Waals surface area contributed by atoms with Crippen LogP contribution in [0.4, 0.5) is 0 Å². The second-order valence-corrected chi connectivity index (χ2v) is 9.02. The molecule has 3 rings (SSSR count). The summed E-state index contributed by atoms with van der Waals surface area (Å²) in [5, 5.41) is 9.80. The van der Waals surface area contributed by atoms with E-state index in [0.717, 1.165) is 0 Å². The van der Waals surface area contributed by atoms with Crippen LogP contribution in [0.25, 0.3) is 0 Å². The smallest absolute Gasteiger partial charge is 0.273 e. The Bertz CT molecular complexity index is 1100. The van der Waals surface area contributed by atoms with Gasteiger partial charge < -0.3 is 19.6 Å². The third kappa shape index (κ3) is 6.53. The number of likely N-dealkylation sites (N-methyl/N-ethyl adjacent to an activating group) is 1. The number of pyridine rings is 1. The van der Waals surface area contributed by atoms with E-state index in [0.29, 0.717) is 18.7 Å². The molecule has 1 aliphatic heterocycles. The maximum absolute atomic E-state index is 13.5. The van der Waals surface area contributed by atoms with Crippen molar-refractivity contribution in [3.05, 3.63) is 47.7 Å². The summed E-state index contributed by atoms with van der Waals surface area (Å²) in [6.45, 7) is 4.72. The van der Waals surface area contributed by atoms with Gasteiger partial charge in [0.15, 0.2) is 0 Å². The fourth-order valence-corrected chi connectivity index (χ4v) is 3.65. The highest BCUT2D eigenvalue weighted by molar-refractivity contribution is 5.97. The lowest BCUT2D eigenvalue weighted by Crippen LogP contribution is -2.50. The predicted molar refractivity (Wildman–Crippen MR) is 130 cm³/mol. The van der Waals surface area contributed by atoms with Crippen LogP contribution in [0, 0.1) is 17.8 Å². The summed E-state index contributed by atoms with van der Waals surface area (Å²) in [5.41, 5.74) is 1.11. The van der Waals surface area contributed by atoms with Crippen molar-refractivity contribution >= 4 is 11.8 Å². The Balaban J connectivity index is 1.93. The summed E-state index contributed by atoms with van der Waals surface area (Å²) in [4.78, 5) is 43.8. The first-order chi connectivity index (χ1) is 16.7. The molecule has 0 bridgehead atoms. The van der Waals surface area contributed by atoms with Crippen LogP contribution in [0.3, 0.4) is 0 Å². The SMILES string of the molecule is C[C@@H]1CN([C@@H](C)CO)C(=O)c2cc(C#CCN(C)C)cnc2O[C@H]1CN(C)C(=O)c1cnccn1. The monoisotopic (exact) mass is 480 g/mol. The predicted octanol–water partition coefficient (Wildman–Crippen LogP) is 0.777. The minimum atomic E-state index is -0.459. The normalized spacial score (nSPS) is 18.5. The number of hydrogen-bond donors (Lipinski definition) is 1. The van der Waals surface area contributed by atoms with Gasteiger partial charge in [-0.25, -0.2) is 9.97 Å². The Morgan fingerprint density at radius 3 is 2.71 bits per heavy atom. The molecule has 0 unspecified atom stereocenters. The minimum Gasteiger partial charge on any atom is -0.472 e. The Morgan fingerprint density at radius 1 is 1.29 bits per heavy atom. The molecule has 0 aromatic carbocycles. The number of ether oxygens (including phenoxy) is 1. The molecule has 10 heteroatoms. The highest BCUT2D eigenvalue weighted by atomic mass is 16.5. The maximum Gasteiger partial charge on any atom is 0.273 e. The first kappa shape index (κ1) is 26.1. The number of aliphatic hydroxyl groups excluding tert-OH is 1. The van der Waals surface area contributed by atoms with Gasteiger partial charge in [-0.15, -0.1) is 0 Å². The van der Waals surface area contributed by atoms with Gasteiger partial charge in [-0.1, -0.05) is 18.8 Å². The fourth-order valence-electron chi connectivity index (χ4n) is 3.65. The van der Waals surface area contributed by atoms with E-state index >= 15 is 0 Å². The van der Waals surface area contributed by atoms with Gasteiger partial charge in [0.1, 0.15) is 17.4 Å². The van der Waals surface area contributed by atoms with Crippen molar-refractivity contribution in [2.45, 2.75) is 26.0 Å². The molecule has 1 N–H and O–H groups in total. The number of aliphatic hydroxyl groups is 1. The molecule has 2 aromatic heterocycles. The Hall–Kier alpha value is -3.55. The number of carbonyl (C=O) groups excluding carboxylic acids is 2. The van der Waals surface area contributed by atoms with Gasteiger partial charge in [0, 0.05) is 43.7 Å². The summed E-state index contributed by atoms with van der Waals surface area (Å²) in [5.74, 6) is 5.54. The zero-order valence-electron chi connectivity index (χ0n) is 20.8. The second-order valence-electron chi connectivity index (χ2n) is 9.02. The summed E-state index contributed by atoms with van der Waals surface area (Å²) in [6, 6.07) is 1.27. The highest BCUT2D eigenvalue weighted by Gasteiger charge is 2.34. The quantitative estimate of drug-likeness (QED) is 0.604. The van der Waals surface area contributed by atoms with Crippen molar-refractivity contribution in [2.75, 3.05) is 47.4 Å². The number of rotatable bonds is 6. The molecule has 2 amide bonds. The van der Waals surface area contributed by atoms with Crippen molar-refractivity contribution in [1.29, 1.82) is 0 Å². The molecule has 0 saturated carbocycles. The zero-order chi connectivity index (χ0) is 25.5. The van der Waals surface area contributed by atoms with Crippen molar-refractivity contribution in [3.63, 3.8) is 0 Å². The van der Waals surface area contributed by atoms with Crippen LogP contribution in [0.5, 0.6) is 5.88 Å². The number of aromatic nitrogens is 3. The lowest BCUT2D eigenvalue weighted by molar-refractivity contribution is 0.0312. The third-order valence-electron chi connectivity index (χ3n) is 5.73. The number of hydrogen-bond acceptors (Lipinski definition) is 8. The van der Waals surface area contributed by atoms with E-state index in [-0.39, 0.29) is 48.0 Å². The summed E-state index contributed by atoms with van der Waals surface area (Å²) < 4.78 is 6.23. The molecule has 0 aliphatic carbocycles. The summed E-state index contributed by atoms with van der Waals surface area (Å²) in [7, 11) is 5.52. The van der Waals surface area contributed by atoms with Crippen molar-refractivity contribution in [3.8, 4) is 17.7 Å². The van der Waals surface area contributed by atoms with Crippen LogP contribution in [0.1, 0.15) is 40.3 Å². The summed E-state index contributed by atoms with van der Waals surface area (Å²) >= 11 is 0. The van der Waals surface area contributed by atoms with E-state index in [4.69, 9.17) is 4.74 Å². The maximum atomic E-state index is 13.5. The molecule has 1 aliphatic rings. The first-order valence-electron chi connectivity index (χ1n) is 11.4. The Kier molecular flexibility index (Phi) is 8.73. The van der Waals surface area contributed by atoms with Gasteiger partial charge >= 0.3 is 0 Å². The number of carbonyl (C=O) groups is 2. The third-order valence-corrected chi connectivity index (χ3v) is 5.73. The molecule has 2 aromatic rings. The van der Waals surface area contributed by atoms with E-state index in [9.17, 15) is 14.7 Å². The van der Waals surface area contributed by atoms with E-state index in [1.165, 1.54) is 23.5 Å². The molecule has 186 valence electrons. The molecule has 3 heterocycles. The number of fused-ring (bicyclic) bond motifs is 1. The minimum absolute atomic E-state index is 0.153. The average Bonchev–Trinajstić information content (AvgIpc) is 2.85. The van der Waals surface area contributed by atoms with Gasteiger partial charge in [0.25, 0.3) is 11.8 Å². The van der Waals surface area contributed by atoms with Crippen molar-refractivity contribution in [1.82, 2.24) is 29.7 Å². The van der Waals surface area contributed by atoms with Crippen LogP contribution in [0.2, 0.25) is 0 Å². The average molecular weight is 481 g/mol. The number of amides is 2. The van der Waals surface area contributed by atoms with Gasteiger partial charge in [0.05, 0.1) is 31.9 Å². The van der Waals surface area contributed by atoms with Crippen molar-refractivity contribution < 1.29 is 19.4 Å². The van der Waals surface area contributed by atoms with Crippen LogP contribution in [-0.2, 0) is 0 Å². The topological polar surface area (TPSA) is 112 Å². The Morgan fingerprint density at radius 2 is 2.06 bits per heavy atom. The lowest BCUT2D eigenvalue weighted by atomic mass is 10.00. The fraction of sp³-hybridized carbons (Fsp3) is 0.480. The standard InChI is InChI=1S/C25H32N6O4/c1-17-14-31(18(2)16-32)24(33)20-11-19(7-6-10-29(3)4)12-28-23(20)35-22(17)15-30(5)25(34)21-13-26-8-9-27-21/h8-9,11-13,17-18,22,32H,10,14-16H2,1-5H3/t17-,18+,22+/m1/s1. The van der Waals surface area contributed by atoms with Gasteiger partial charge in [-0.05, 0) is 27.1 Å². The van der Waals surface area contributed by atoms with Crippen molar-refractivity contribution in [2.24, 2.45) is 5.92 Å². The van der Waals surface area contributed by atoms with Gasteiger partial charge in [-0.2, -0.15) is 0 Å². The van der Waals surface area contributed by atoms with Gasteiger partial charge in [0.2, 0.25) is 5.88 Å². The van der Waals surface area contributed by atoms with Crippen LogP contribution in [0.15, 0.2) is 30.9 Å². The number of nitrogens with zero attached hydrogens (tertiary/aromatic N) is 6. The second kappa shape index (κ2) is 11.7. The van der Waals surface area contributed by atoms with Crippen LogP contribution in [-0.4, -0.2) is 106 Å². The zero-order valence-corrected chi connectivity index (χ0v) is 20.8. The highest BCUT2D eigenvalue weighted by Crippen LogP contribution is 2.27. The molecule has 10 nitrogen and oxygen atoms in total.